The van der Waals surface area contributed by atoms with Crippen molar-refractivity contribution >= 4 is 16.0 Å². The van der Waals surface area contributed by atoms with Crippen LogP contribution in [0, 0.1) is 0 Å². The minimum atomic E-state index is -3.60. The summed E-state index contributed by atoms with van der Waals surface area (Å²) in [6, 6.07) is 12.7. The number of hydrogen-bond acceptors (Lipinski definition) is 6. The zero-order chi connectivity index (χ0) is 20.0. The Kier molecular flexibility index (Phi) is 6.66. The second-order valence-electron chi connectivity index (χ2n) is 6.23. The van der Waals surface area contributed by atoms with Crippen molar-refractivity contribution < 1.29 is 27.4 Å². The van der Waals surface area contributed by atoms with Crippen LogP contribution in [-0.2, 0) is 14.8 Å². The van der Waals surface area contributed by atoms with Gasteiger partial charge in [-0.1, -0.05) is 19.1 Å². The fraction of sp³-hybridized carbons (Fsp3) is 0.350. The Hall–Kier alpha value is -2.42. The van der Waals surface area contributed by atoms with Crippen LogP contribution in [0.2, 0.25) is 0 Å². The smallest absolute Gasteiger partial charge is 0.343 e. The molecular weight excluding hydrogens is 382 g/mol. The van der Waals surface area contributed by atoms with Gasteiger partial charge < -0.3 is 14.2 Å². The molecule has 1 saturated heterocycles. The van der Waals surface area contributed by atoms with E-state index in [0.29, 0.717) is 44.4 Å². The van der Waals surface area contributed by atoms with Crippen molar-refractivity contribution in [2.75, 3.05) is 32.9 Å². The molecule has 0 atom stereocenters. The van der Waals surface area contributed by atoms with E-state index in [4.69, 9.17) is 14.2 Å². The first kappa shape index (κ1) is 20.3. The molecule has 150 valence electrons. The first-order chi connectivity index (χ1) is 13.5. The van der Waals surface area contributed by atoms with Crippen LogP contribution in [0.15, 0.2) is 53.4 Å². The van der Waals surface area contributed by atoms with Gasteiger partial charge in [0.1, 0.15) is 0 Å². The van der Waals surface area contributed by atoms with E-state index in [2.05, 4.69) is 0 Å². The highest BCUT2D eigenvalue weighted by atomic mass is 32.2. The van der Waals surface area contributed by atoms with Crippen LogP contribution in [0.5, 0.6) is 11.5 Å². The van der Waals surface area contributed by atoms with E-state index >= 15 is 0 Å². The number of carbonyl (C=O) groups is 1. The van der Waals surface area contributed by atoms with Crippen LogP contribution >= 0.6 is 0 Å². The van der Waals surface area contributed by atoms with Crippen molar-refractivity contribution in [1.29, 1.82) is 0 Å². The summed E-state index contributed by atoms with van der Waals surface area (Å²) >= 11 is 0. The Morgan fingerprint density at radius 1 is 1.04 bits per heavy atom. The second kappa shape index (κ2) is 9.18. The lowest BCUT2D eigenvalue weighted by Gasteiger charge is -2.26. The molecule has 0 aromatic heterocycles. The average molecular weight is 405 g/mol. The van der Waals surface area contributed by atoms with Crippen LogP contribution in [0.1, 0.15) is 23.7 Å². The van der Waals surface area contributed by atoms with E-state index in [1.165, 1.54) is 28.6 Å². The van der Waals surface area contributed by atoms with Gasteiger partial charge in [0.15, 0.2) is 11.5 Å². The van der Waals surface area contributed by atoms with Gasteiger partial charge >= 0.3 is 5.97 Å². The van der Waals surface area contributed by atoms with Crippen molar-refractivity contribution in [2.24, 2.45) is 0 Å². The molecule has 0 spiro atoms. The lowest BCUT2D eigenvalue weighted by Crippen LogP contribution is -2.40. The predicted octanol–water partition coefficient (Wildman–Crippen LogP) is 2.72. The minimum absolute atomic E-state index is 0.137. The van der Waals surface area contributed by atoms with Gasteiger partial charge in [0.25, 0.3) is 0 Å². The highest BCUT2D eigenvalue weighted by Crippen LogP contribution is 2.27. The molecular formula is C20H23NO6S. The maximum absolute atomic E-state index is 12.6. The van der Waals surface area contributed by atoms with Gasteiger partial charge in [-0.25, -0.2) is 13.2 Å². The fourth-order valence-electron chi connectivity index (χ4n) is 2.72. The number of nitrogens with zero attached hydrogens (tertiary/aromatic N) is 1. The molecule has 0 saturated carbocycles. The molecule has 0 aliphatic carbocycles. The number of hydrogen-bond donors (Lipinski definition) is 0. The van der Waals surface area contributed by atoms with Gasteiger partial charge in [0.05, 0.1) is 30.3 Å². The molecule has 1 fully saturated rings. The SMILES string of the molecule is CCCOc1ccccc1OC(=O)c1ccc(S(=O)(=O)N2CCOCC2)cc1. The van der Waals surface area contributed by atoms with Gasteiger partial charge in [0.2, 0.25) is 10.0 Å². The zero-order valence-electron chi connectivity index (χ0n) is 15.7. The summed E-state index contributed by atoms with van der Waals surface area (Å²) in [5.41, 5.74) is 0.256. The topological polar surface area (TPSA) is 82.1 Å². The Bertz CT molecular complexity index is 905. The van der Waals surface area contributed by atoms with Crippen molar-refractivity contribution in [2.45, 2.75) is 18.2 Å². The van der Waals surface area contributed by atoms with E-state index in [0.717, 1.165) is 6.42 Å². The summed E-state index contributed by atoms with van der Waals surface area (Å²) in [7, 11) is -3.60. The number of para-hydroxylation sites is 2. The molecule has 3 rings (SSSR count). The van der Waals surface area contributed by atoms with Gasteiger partial charge in [0, 0.05) is 13.1 Å². The third-order valence-corrected chi connectivity index (χ3v) is 6.12. The zero-order valence-corrected chi connectivity index (χ0v) is 16.5. The highest BCUT2D eigenvalue weighted by molar-refractivity contribution is 7.89. The van der Waals surface area contributed by atoms with Gasteiger partial charge in [-0.05, 0) is 42.8 Å². The molecule has 28 heavy (non-hydrogen) atoms. The first-order valence-corrected chi connectivity index (χ1v) is 10.6. The molecule has 8 heteroatoms. The largest absolute Gasteiger partial charge is 0.490 e. The molecule has 0 amide bonds. The Morgan fingerprint density at radius 2 is 1.68 bits per heavy atom. The van der Waals surface area contributed by atoms with E-state index in [9.17, 15) is 13.2 Å². The molecule has 1 heterocycles. The van der Waals surface area contributed by atoms with Crippen LogP contribution in [0.25, 0.3) is 0 Å². The number of sulfonamides is 1. The van der Waals surface area contributed by atoms with E-state index in [-0.39, 0.29) is 10.5 Å². The predicted molar refractivity (Wildman–Crippen MR) is 103 cm³/mol. The summed E-state index contributed by atoms with van der Waals surface area (Å²) in [6.45, 7) is 3.90. The molecule has 0 unspecified atom stereocenters. The number of rotatable bonds is 7. The maximum Gasteiger partial charge on any atom is 0.343 e. The number of ether oxygens (including phenoxy) is 3. The molecule has 2 aromatic carbocycles. The minimum Gasteiger partial charge on any atom is -0.490 e. The van der Waals surface area contributed by atoms with E-state index in [1.54, 1.807) is 24.3 Å². The number of benzene rings is 2. The van der Waals surface area contributed by atoms with Crippen LogP contribution in [0.4, 0.5) is 0 Å². The number of morpholine rings is 1. The first-order valence-electron chi connectivity index (χ1n) is 9.14. The summed E-state index contributed by atoms with van der Waals surface area (Å²) < 4.78 is 42.9. The third kappa shape index (κ3) is 4.70. The quantitative estimate of drug-likeness (QED) is 0.520. The Morgan fingerprint density at radius 3 is 2.32 bits per heavy atom. The average Bonchev–Trinajstić information content (AvgIpc) is 2.74. The van der Waals surface area contributed by atoms with Crippen LogP contribution in [0.3, 0.4) is 0 Å². The second-order valence-corrected chi connectivity index (χ2v) is 8.16. The van der Waals surface area contributed by atoms with Gasteiger partial charge in [-0.2, -0.15) is 4.31 Å². The highest BCUT2D eigenvalue weighted by Gasteiger charge is 2.26. The monoisotopic (exact) mass is 405 g/mol. The Balaban J connectivity index is 1.72. The van der Waals surface area contributed by atoms with Crippen LogP contribution < -0.4 is 9.47 Å². The molecule has 7 nitrogen and oxygen atoms in total. The van der Waals surface area contributed by atoms with Crippen molar-refractivity contribution in [1.82, 2.24) is 4.31 Å². The summed E-state index contributed by atoms with van der Waals surface area (Å²) in [4.78, 5) is 12.6. The Labute approximate surface area is 164 Å². The lowest BCUT2D eigenvalue weighted by atomic mass is 10.2. The van der Waals surface area contributed by atoms with Crippen molar-refractivity contribution in [3.05, 3.63) is 54.1 Å². The van der Waals surface area contributed by atoms with Crippen LogP contribution in [-0.4, -0.2) is 51.6 Å². The summed E-state index contributed by atoms with van der Waals surface area (Å²) in [6.07, 6.45) is 0.835. The fourth-order valence-corrected chi connectivity index (χ4v) is 4.13. The summed E-state index contributed by atoms with van der Waals surface area (Å²) in [5, 5.41) is 0. The number of esters is 1. The molecule has 0 bridgehead atoms. The van der Waals surface area contributed by atoms with Gasteiger partial charge in [-0.3, -0.25) is 0 Å². The van der Waals surface area contributed by atoms with Gasteiger partial charge in [-0.15, -0.1) is 0 Å². The molecule has 2 aromatic rings. The lowest BCUT2D eigenvalue weighted by molar-refractivity contribution is 0.0727. The number of carbonyl (C=O) groups excluding carboxylic acids is 1. The van der Waals surface area contributed by atoms with E-state index < -0.39 is 16.0 Å². The molecule has 1 aliphatic heterocycles. The summed E-state index contributed by atoms with van der Waals surface area (Å²) in [5.74, 6) is 0.234. The molecule has 1 aliphatic rings. The van der Waals surface area contributed by atoms with Crippen molar-refractivity contribution in [3.8, 4) is 11.5 Å². The molecule has 0 radical (unpaired) electrons. The van der Waals surface area contributed by atoms with E-state index in [1.807, 2.05) is 6.92 Å². The maximum atomic E-state index is 12.6. The standard InChI is InChI=1S/C20H23NO6S/c1-2-13-26-18-5-3-4-6-19(18)27-20(22)16-7-9-17(10-8-16)28(23,24)21-11-14-25-15-12-21/h3-10H,2,11-15H2,1H3. The third-order valence-electron chi connectivity index (χ3n) is 4.21. The molecule has 0 N–H and O–H groups in total. The normalized spacial score (nSPS) is 15.2. The van der Waals surface area contributed by atoms with Crippen molar-refractivity contribution in [3.63, 3.8) is 0 Å².